The van der Waals surface area contributed by atoms with Gasteiger partial charge in [0.05, 0.1) is 10.9 Å². The second kappa shape index (κ2) is 5.46. The van der Waals surface area contributed by atoms with Crippen LogP contribution in [-0.4, -0.2) is 0 Å². The molecule has 102 valence electrons. The first-order valence-electron chi connectivity index (χ1n) is 5.36. The normalized spacial score (nSPS) is 13.6. The van der Waals surface area contributed by atoms with Crippen LogP contribution < -0.4 is 0 Å². The number of hydrogen-bond acceptors (Lipinski definition) is 1. The highest BCUT2D eigenvalue weighted by molar-refractivity contribution is 9.10. The minimum atomic E-state index is -4.35. The summed E-state index contributed by atoms with van der Waals surface area (Å²) >= 11 is 11.1. The third kappa shape index (κ3) is 3.33. The molecule has 0 spiro atoms. The number of alkyl halides is 4. The Labute approximate surface area is 126 Å². The highest BCUT2D eigenvalue weighted by Gasteiger charge is 2.31. The number of benzene rings is 1. The van der Waals surface area contributed by atoms with Crippen LogP contribution in [0, 0.1) is 6.92 Å². The van der Waals surface area contributed by atoms with Crippen molar-refractivity contribution in [2.45, 2.75) is 18.5 Å². The largest absolute Gasteiger partial charge is 0.416 e. The van der Waals surface area contributed by atoms with Crippen LogP contribution in [0.25, 0.3) is 0 Å². The van der Waals surface area contributed by atoms with Gasteiger partial charge in [0.15, 0.2) is 0 Å². The van der Waals surface area contributed by atoms with Crippen molar-refractivity contribution in [3.05, 3.63) is 55.7 Å². The lowest BCUT2D eigenvalue weighted by molar-refractivity contribution is -0.137. The Kier molecular flexibility index (Phi) is 4.28. The van der Waals surface area contributed by atoms with Gasteiger partial charge < -0.3 is 0 Å². The predicted octanol–water partition coefficient (Wildman–Crippen LogP) is 6.17. The molecule has 0 nitrogen and oxygen atoms in total. The molecule has 0 bridgehead atoms. The molecular weight excluding hydrogens is 361 g/mol. The van der Waals surface area contributed by atoms with E-state index >= 15 is 0 Å². The number of hydrogen-bond donors (Lipinski definition) is 0. The fourth-order valence-corrected chi connectivity index (χ4v) is 3.54. The molecule has 0 saturated carbocycles. The van der Waals surface area contributed by atoms with Gasteiger partial charge in [-0.25, -0.2) is 0 Å². The molecule has 0 radical (unpaired) electrons. The quantitative estimate of drug-likeness (QED) is 0.556. The monoisotopic (exact) mass is 368 g/mol. The zero-order valence-corrected chi connectivity index (χ0v) is 12.9. The van der Waals surface area contributed by atoms with Crippen LogP contribution in [0.3, 0.4) is 0 Å². The summed E-state index contributed by atoms with van der Waals surface area (Å²) in [6, 6.07) is 6.97. The molecule has 6 heteroatoms. The Morgan fingerprint density at radius 3 is 2.47 bits per heavy atom. The maximum Gasteiger partial charge on any atom is 0.416 e. The average Bonchev–Trinajstić information content (AvgIpc) is 2.68. The van der Waals surface area contributed by atoms with Crippen molar-refractivity contribution in [2.75, 3.05) is 0 Å². The van der Waals surface area contributed by atoms with Gasteiger partial charge in [-0.15, -0.1) is 22.9 Å². The van der Waals surface area contributed by atoms with E-state index in [4.69, 9.17) is 11.6 Å². The molecule has 0 fully saturated rings. The van der Waals surface area contributed by atoms with Crippen LogP contribution in [0.15, 0.2) is 34.8 Å². The van der Waals surface area contributed by atoms with Crippen LogP contribution in [0.1, 0.15) is 26.3 Å². The summed E-state index contributed by atoms with van der Waals surface area (Å²) in [6.45, 7) is 1.92. The Morgan fingerprint density at radius 1 is 1.26 bits per heavy atom. The minimum Gasteiger partial charge on any atom is -0.166 e. The van der Waals surface area contributed by atoms with Gasteiger partial charge in [-0.3, -0.25) is 0 Å². The number of halogens is 5. The Hall–Kier alpha value is -0.520. The van der Waals surface area contributed by atoms with E-state index in [1.165, 1.54) is 17.4 Å². The van der Waals surface area contributed by atoms with Crippen LogP contribution in [-0.2, 0) is 6.18 Å². The third-order valence-electron chi connectivity index (χ3n) is 2.63. The Morgan fingerprint density at radius 2 is 1.95 bits per heavy atom. The van der Waals surface area contributed by atoms with Crippen molar-refractivity contribution in [3.8, 4) is 0 Å². The molecule has 0 amide bonds. The van der Waals surface area contributed by atoms with Crippen LogP contribution in [0.2, 0.25) is 0 Å². The molecule has 1 unspecified atom stereocenters. The minimum absolute atomic E-state index is 0.449. The summed E-state index contributed by atoms with van der Waals surface area (Å²) in [4.78, 5) is 1.87. The SMILES string of the molecule is Cc1sc(C(Cl)c2cccc(C(F)(F)F)c2)cc1Br. The predicted molar refractivity (Wildman–Crippen MR) is 75.9 cm³/mol. The zero-order valence-electron chi connectivity index (χ0n) is 9.76. The van der Waals surface area contributed by atoms with Crippen LogP contribution in [0.5, 0.6) is 0 Å². The van der Waals surface area contributed by atoms with Gasteiger partial charge in [-0.1, -0.05) is 12.1 Å². The molecule has 1 atom stereocenters. The smallest absolute Gasteiger partial charge is 0.166 e. The molecule has 0 saturated heterocycles. The first-order chi connectivity index (χ1) is 8.79. The molecule has 0 aliphatic carbocycles. The van der Waals surface area contributed by atoms with Crippen molar-refractivity contribution in [1.82, 2.24) is 0 Å². The molecule has 0 aliphatic rings. The van der Waals surface area contributed by atoms with E-state index in [9.17, 15) is 13.2 Å². The fraction of sp³-hybridized carbons (Fsp3) is 0.231. The van der Waals surface area contributed by atoms with Gasteiger partial charge in [0.1, 0.15) is 0 Å². The average molecular weight is 370 g/mol. The highest BCUT2D eigenvalue weighted by Crippen LogP contribution is 2.39. The topological polar surface area (TPSA) is 0 Å². The van der Waals surface area contributed by atoms with Gasteiger partial charge in [0.2, 0.25) is 0 Å². The fourth-order valence-electron chi connectivity index (χ4n) is 1.64. The summed E-state index contributed by atoms with van der Waals surface area (Å²) in [6.07, 6.45) is -4.35. The molecule has 2 rings (SSSR count). The van der Waals surface area contributed by atoms with Gasteiger partial charge in [0.25, 0.3) is 0 Å². The molecule has 19 heavy (non-hydrogen) atoms. The van der Waals surface area contributed by atoms with E-state index in [0.717, 1.165) is 26.4 Å². The van der Waals surface area contributed by atoms with E-state index in [1.54, 1.807) is 6.07 Å². The van der Waals surface area contributed by atoms with E-state index in [-0.39, 0.29) is 0 Å². The zero-order chi connectivity index (χ0) is 14.2. The number of thiophene rings is 1. The van der Waals surface area contributed by atoms with Gasteiger partial charge in [-0.05, 0) is 46.6 Å². The first kappa shape index (κ1) is 14.9. The van der Waals surface area contributed by atoms with Crippen LogP contribution in [0.4, 0.5) is 13.2 Å². The van der Waals surface area contributed by atoms with Crippen molar-refractivity contribution in [1.29, 1.82) is 0 Å². The number of aryl methyl sites for hydroxylation is 1. The molecule has 1 aromatic carbocycles. The number of rotatable bonds is 2. The lowest BCUT2D eigenvalue weighted by Gasteiger charge is -2.11. The second-order valence-corrected chi connectivity index (χ2v) is 6.62. The summed E-state index contributed by atoms with van der Waals surface area (Å²) in [5, 5.41) is -0.572. The molecule has 2 aromatic rings. The third-order valence-corrected chi connectivity index (χ3v) is 5.45. The van der Waals surface area contributed by atoms with Gasteiger partial charge >= 0.3 is 6.18 Å². The highest BCUT2D eigenvalue weighted by atomic mass is 79.9. The Balaban J connectivity index is 2.36. The maximum atomic E-state index is 12.7. The lowest BCUT2D eigenvalue weighted by Crippen LogP contribution is -2.05. The summed E-state index contributed by atoms with van der Waals surface area (Å²) < 4.78 is 38.9. The van der Waals surface area contributed by atoms with Crippen molar-refractivity contribution < 1.29 is 13.2 Å². The van der Waals surface area contributed by atoms with E-state index in [0.29, 0.717) is 5.56 Å². The van der Waals surface area contributed by atoms with Crippen molar-refractivity contribution in [3.63, 3.8) is 0 Å². The molecule has 1 aromatic heterocycles. The summed E-state index contributed by atoms with van der Waals surface area (Å²) in [5.74, 6) is 0. The van der Waals surface area contributed by atoms with Crippen molar-refractivity contribution in [2.24, 2.45) is 0 Å². The van der Waals surface area contributed by atoms with E-state index in [2.05, 4.69) is 15.9 Å². The lowest BCUT2D eigenvalue weighted by atomic mass is 10.1. The van der Waals surface area contributed by atoms with Gasteiger partial charge in [-0.2, -0.15) is 13.2 Å². The van der Waals surface area contributed by atoms with Crippen molar-refractivity contribution >= 4 is 38.9 Å². The van der Waals surface area contributed by atoms with Gasteiger partial charge in [0, 0.05) is 14.2 Å². The second-order valence-electron chi connectivity index (χ2n) is 4.04. The molecule has 0 aliphatic heterocycles. The first-order valence-corrected chi connectivity index (χ1v) is 7.40. The molecule has 0 N–H and O–H groups in total. The van der Waals surface area contributed by atoms with E-state index < -0.39 is 17.1 Å². The Bertz CT molecular complexity index is 572. The van der Waals surface area contributed by atoms with Crippen LogP contribution >= 0.6 is 38.9 Å². The molecular formula is C13H9BrClF3S. The maximum absolute atomic E-state index is 12.7. The summed E-state index contributed by atoms with van der Waals surface area (Å²) in [5.41, 5.74) is -0.228. The van der Waals surface area contributed by atoms with E-state index in [1.807, 2.05) is 13.0 Å². The molecule has 1 heterocycles. The standard InChI is InChI=1S/C13H9BrClF3S/c1-7-10(14)6-11(19-7)12(15)8-3-2-4-9(5-8)13(16,17)18/h2-6,12H,1H3. The summed E-state index contributed by atoms with van der Waals surface area (Å²) in [7, 11) is 0.